The van der Waals surface area contributed by atoms with Crippen LogP contribution in [0, 0.1) is 0 Å². The van der Waals surface area contributed by atoms with Gasteiger partial charge in [0.25, 0.3) is 8.32 Å². The van der Waals surface area contributed by atoms with Gasteiger partial charge in [-0.1, -0.05) is 87.5 Å². The Morgan fingerprint density at radius 2 is 1.35 bits per heavy atom. The highest BCUT2D eigenvalue weighted by molar-refractivity contribution is 6.99. The van der Waals surface area contributed by atoms with Crippen LogP contribution in [0.3, 0.4) is 0 Å². The number of benzene rings is 2. The van der Waals surface area contributed by atoms with Crippen LogP contribution in [0.2, 0.25) is 5.04 Å². The normalized spacial score (nSPS) is 14.1. The van der Waals surface area contributed by atoms with Crippen molar-refractivity contribution in [2.24, 2.45) is 0 Å². The Morgan fingerprint density at radius 1 is 0.913 bits per heavy atom. The first kappa shape index (κ1) is 17.7. The number of aliphatic hydroxyl groups excluding tert-OH is 1. The number of allylic oxidation sites excluding steroid dienone is 1. The molecule has 0 amide bonds. The molecule has 23 heavy (non-hydrogen) atoms. The molecule has 2 aromatic rings. The highest BCUT2D eigenvalue weighted by Crippen LogP contribution is 2.37. The van der Waals surface area contributed by atoms with E-state index in [-0.39, 0.29) is 5.04 Å². The Hall–Kier alpha value is -1.68. The van der Waals surface area contributed by atoms with E-state index in [0.717, 1.165) is 0 Å². The first-order valence-electron chi connectivity index (χ1n) is 8.01. The summed E-state index contributed by atoms with van der Waals surface area (Å²) in [4.78, 5) is 0. The summed E-state index contributed by atoms with van der Waals surface area (Å²) in [6, 6.07) is 20.7. The van der Waals surface area contributed by atoms with Gasteiger partial charge in [0.2, 0.25) is 0 Å². The van der Waals surface area contributed by atoms with Crippen molar-refractivity contribution >= 4 is 18.7 Å². The molecule has 0 aromatic heterocycles. The van der Waals surface area contributed by atoms with Gasteiger partial charge in [0.15, 0.2) is 6.29 Å². The molecule has 122 valence electrons. The molecule has 0 aliphatic carbocycles. The van der Waals surface area contributed by atoms with Crippen molar-refractivity contribution in [2.75, 3.05) is 0 Å². The van der Waals surface area contributed by atoms with Gasteiger partial charge < -0.3 is 9.53 Å². The molecule has 1 atom stereocenters. The van der Waals surface area contributed by atoms with Crippen molar-refractivity contribution in [2.45, 2.75) is 39.0 Å². The van der Waals surface area contributed by atoms with E-state index >= 15 is 0 Å². The summed E-state index contributed by atoms with van der Waals surface area (Å²) in [7, 11) is -2.65. The molecule has 3 heteroatoms. The second-order valence-electron chi connectivity index (χ2n) is 6.70. The van der Waals surface area contributed by atoms with Crippen LogP contribution in [0.4, 0.5) is 0 Å². The Kier molecular flexibility index (Phi) is 5.58. The van der Waals surface area contributed by atoms with Gasteiger partial charge in [-0.3, -0.25) is 0 Å². The molecule has 0 radical (unpaired) electrons. The molecule has 1 N–H and O–H groups in total. The lowest BCUT2D eigenvalue weighted by Gasteiger charge is -2.43. The second kappa shape index (κ2) is 7.26. The summed E-state index contributed by atoms with van der Waals surface area (Å²) >= 11 is 0. The van der Waals surface area contributed by atoms with Gasteiger partial charge in [-0.05, 0) is 28.4 Å². The standard InChI is InChI=1S/C20H26O2Si/c1-5-12-19(21)22-23(20(2,3)4,17-13-8-6-9-14-17)18-15-10-7-11-16-18/h5-16,19,21H,1-4H3. The van der Waals surface area contributed by atoms with Crippen LogP contribution < -0.4 is 10.4 Å². The van der Waals surface area contributed by atoms with E-state index in [1.165, 1.54) is 10.4 Å². The van der Waals surface area contributed by atoms with Crippen LogP contribution in [0.15, 0.2) is 72.8 Å². The highest BCUT2D eigenvalue weighted by Gasteiger charge is 2.51. The summed E-state index contributed by atoms with van der Waals surface area (Å²) in [5, 5.41) is 12.6. The summed E-state index contributed by atoms with van der Waals surface area (Å²) in [5.41, 5.74) is 0. The molecule has 0 saturated carbocycles. The van der Waals surface area contributed by atoms with Crippen molar-refractivity contribution in [1.82, 2.24) is 0 Å². The first-order valence-corrected chi connectivity index (χ1v) is 9.92. The molecule has 0 fully saturated rings. The predicted octanol–water partition coefficient (Wildman–Crippen LogP) is 3.46. The zero-order valence-corrected chi connectivity index (χ0v) is 15.4. The van der Waals surface area contributed by atoms with E-state index in [1.807, 2.05) is 49.4 Å². The van der Waals surface area contributed by atoms with Gasteiger partial charge in [0, 0.05) is 0 Å². The minimum Gasteiger partial charge on any atom is -0.380 e. The molecular weight excluding hydrogens is 300 g/mol. The van der Waals surface area contributed by atoms with Crippen molar-refractivity contribution in [3.05, 3.63) is 72.8 Å². The van der Waals surface area contributed by atoms with Crippen LogP contribution >= 0.6 is 0 Å². The van der Waals surface area contributed by atoms with Crippen LogP contribution in [0.1, 0.15) is 27.7 Å². The molecule has 2 aromatic carbocycles. The number of rotatable bonds is 5. The lowest BCUT2D eigenvalue weighted by molar-refractivity contribution is 0.0162. The summed E-state index contributed by atoms with van der Waals surface area (Å²) in [5.74, 6) is 0. The second-order valence-corrected chi connectivity index (χ2v) is 11.0. The number of hydrogen-bond donors (Lipinski definition) is 1. The number of aliphatic hydroxyl groups is 1. The molecule has 2 nitrogen and oxygen atoms in total. The Labute approximate surface area is 140 Å². The smallest absolute Gasteiger partial charge is 0.264 e. The largest absolute Gasteiger partial charge is 0.380 e. The van der Waals surface area contributed by atoms with E-state index in [9.17, 15) is 5.11 Å². The van der Waals surface area contributed by atoms with Crippen LogP contribution in [0.5, 0.6) is 0 Å². The maximum atomic E-state index is 10.4. The Bertz CT molecular complexity index is 590. The third-order valence-corrected chi connectivity index (χ3v) is 9.07. The van der Waals surface area contributed by atoms with Crippen molar-refractivity contribution in [3.63, 3.8) is 0 Å². The zero-order valence-electron chi connectivity index (χ0n) is 14.4. The lowest BCUT2D eigenvalue weighted by Crippen LogP contribution is -2.67. The lowest BCUT2D eigenvalue weighted by atomic mass is 10.2. The van der Waals surface area contributed by atoms with Crippen LogP contribution in [0.25, 0.3) is 0 Å². The van der Waals surface area contributed by atoms with Gasteiger partial charge in [-0.15, -0.1) is 0 Å². The van der Waals surface area contributed by atoms with Crippen molar-refractivity contribution in [1.29, 1.82) is 0 Å². The summed E-state index contributed by atoms with van der Waals surface area (Å²) < 4.78 is 6.42. The average Bonchev–Trinajstić information content (AvgIpc) is 2.53. The van der Waals surface area contributed by atoms with Crippen molar-refractivity contribution in [3.8, 4) is 0 Å². The summed E-state index contributed by atoms with van der Waals surface area (Å²) in [6.07, 6.45) is 2.60. The molecule has 0 aliphatic heterocycles. The fourth-order valence-corrected chi connectivity index (χ4v) is 7.53. The highest BCUT2D eigenvalue weighted by atomic mass is 28.4. The molecule has 0 saturated heterocycles. The monoisotopic (exact) mass is 326 g/mol. The van der Waals surface area contributed by atoms with Crippen molar-refractivity contribution < 1.29 is 9.53 Å². The predicted molar refractivity (Wildman–Crippen MR) is 99.5 cm³/mol. The molecule has 0 bridgehead atoms. The van der Waals surface area contributed by atoms with E-state index in [0.29, 0.717) is 0 Å². The minimum atomic E-state index is -2.65. The van der Waals surface area contributed by atoms with E-state index in [2.05, 4.69) is 45.0 Å². The van der Waals surface area contributed by atoms with E-state index in [4.69, 9.17) is 4.43 Å². The van der Waals surface area contributed by atoms with Gasteiger partial charge in [-0.25, -0.2) is 0 Å². The maximum absolute atomic E-state index is 10.4. The fraction of sp³-hybridized carbons (Fsp3) is 0.300. The Balaban J connectivity index is 2.69. The van der Waals surface area contributed by atoms with Crippen LogP contribution in [-0.2, 0) is 4.43 Å². The third-order valence-electron chi connectivity index (χ3n) is 4.07. The average molecular weight is 327 g/mol. The topological polar surface area (TPSA) is 29.5 Å². The molecule has 0 heterocycles. The quantitative estimate of drug-likeness (QED) is 0.518. The minimum absolute atomic E-state index is 0.127. The first-order chi connectivity index (χ1) is 10.9. The summed E-state index contributed by atoms with van der Waals surface area (Å²) in [6.45, 7) is 8.47. The Morgan fingerprint density at radius 3 is 1.70 bits per heavy atom. The fourth-order valence-electron chi connectivity index (χ4n) is 3.08. The third kappa shape index (κ3) is 3.63. The molecule has 2 rings (SSSR count). The molecule has 0 aliphatic rings. The molecule has 1 unspecified atom stereocenters. The zero-order chi connectivity index (χ0) is 16.9. The number of hydrogen-bond acceptors (Lipinski definition) is 2. The molecular formula is C20H26O2Si. The van der Waals surface area contributed by atoms with E-state index in [1.54, 1.807) is 6.08 Å². The molecule has 0 spiro atoms. The van der Waals surface area contributed by atoms with Gasteiger partial charge in [-0.2, -0.15) is 0 Å². The van der Waals surface area contributed by atoms with Crippen LogP contribution in [-0.4, -0.2) is 19.7 Å². The van der Waals surface area contributed by atoms with Gasteiger partial charge >= 0.3 is 0 Å². The SMILES string of the molecule is CC=CC(O)O[Si](c1ccccc1)(c1ccccc1)C(C)(C)C. The maximum Gasteiger partial charge on any atom is 0.264 e. The van der Waals surface area contributed by atoms with Gasteiger partial charge in [0.05, 0.1) is 0 Å². The van der Waals surface area contributed by atoms with E-state index < -0.39 is 14.6 Å². The van der Waals surface area contributed by atoms with Gasteiger partial charge in [0.1, 0.15) is 0 Å².